The maximum Gasteiger partial charge on any atom is 0.405 e. The summed E-state index contributed by atoms with van der Waals surface area (Å²) in [6.45, 7) is 1.05. The lowest BCUT2D eigenvalue weighted by Crippen LogP contribution is -2.35. The van der Waals surface area contributed by atoms with Crippen LogP contribution in [0.3, 0.4) is 0 Å². The van der Waals surface area contributed by atoms with E-state index in [0.717, 1.165) is 0 Å². The molecule has 0 bridgehead atoms. The molecular weight excluding hydrogens is 229 g/mol. The highest BCUT2D eigenvalue weighted by Crippen LogP contribution is 2.25. The van der Waals surface area contributed by atoms with Gasteiger partial charge in [0.1, 0.15) is 12.6 Å². The summed E-state index contributed by atoms with van der Waals surface area (Å²) in [6.07, 6.45) is -3.67. The predicted octanol–water partition coefficient (Wildman–Crippen LogP) is 3.34. The number of nitrogens with zero attached hydrogens (tertiary/aromatic N) is 2. The Morgan fingerprint density at radius 2 is 1.94 bits per heavy atom. The van der Waals surface area contributed by atoms with E-state index in [0.29, 0.717) is 12.1 Å². The molecule has 1 aromatic rings. The van der Waals surface area contributed by atoms with Crippen LogP contribution >= 0.6 is 0 Å². The molecule has 0 aliphatic carbocycles. The minimum Gasteiger partial charge on any atom is -0.362 e. The van der Waals surface area contributed by atoms with Gasteiger partial charge in [0.25, 0.3) is 0 Å². The van der Waals surface area contributed by atoms with Gasteiger partial charge in [-0.2, -0.15) is 18.4 Å². The fourth-order valence-corrected chi connectivity index (χ4v) is 1.61. The van der Waals surface area contributed by atoms with Gasteiger partial charge in [-0.05, 0) is 18.6 Å². The number of benzene rings is 1. The van der Waals surface area contributed by atoms with Crippen molar-refractivity contribution in [2.45, 2.75) is 19.5 Å². The third-order valence-electron chi connectivity index (χ3n) is 2.23. The lowest BCUT2D eigenvalue weighted by molar-refractivity contribution is -0.119. The summed E-state index contributed by atoms with van der Waals surface area (Å²) in [5.41, 5.74) is 0.611. The average Bonchev–Trinajstić information content (AvgIpc) is 2.27. The van der Waals surface area contributed by atoms with Gasteiger partial charge in [0.2, 0.25) is 0 Å². The van der Waals surface area contributed by atoms with Crippen molar-refractivity contribution < 1.29 is 13.2 Å². The minimum absolute atomic E-state index is 0.269. The zero-order valence-electron chi connectivity index (χ0n) is 9.46. The molecule has 1 aromatic carbocycles. The molecule has 92 valence electrons. The number of hydrogen-bond acceptors (Lipinski definition) is 2. The van der Waals surface area contributed by atoms with E-state index in [1.807, 2.05) is 6.07 Å². The van der Waals surface area contributed by atoms with Crippen molar-refractivity contribution in [2.75, 3.05) is 18.0 Å². The van der Waals surface area contributed by atoms with Gasteiger partial charge in [0.15, 0.2) is 0 Å². The van der Waals surface area contributed by atoms with Gasteiger partial charge in [-0.15, -0.1) is 0 Å². The molecule has 0 saturated heterocycles. The second kappa shape index (κ2) is 5.58. The molecule has 0 atom stereocenters. The molecule has 0 spiro atoms. The maximum atomic E-state index is 12.4. The third-order valence-corrected chi connectivity index (χ3v) is 2.23. The lowest BCUT2D eigenvalue weighted by Gasteiger charge is -2.26. The van der Waals surface area contributed by atoms with Gasteiger partial charge in [-0.25, -0.2) is 0 Å². The molecule has 0 amide bonds. The number of hydrogen-bond donors (Lipinski definition) is 0. The molecule has 1 rings (SSSR count). The zero-order valence-corrected chi connectivity index (χ0v) is 9.46. The van der Waals surface area contributed by atoms with E-state index in [1.54, 1.807) is 25.1 Å². The number of halogens is 3. The van der Waals surface area contributed by atoms with Gasteiger partial charge >= 0.3 is 6.18 Å². The van der Waals surface area contributed by atoms with Crippen LogP contribution in [0.4, 0.5) is 18.9 Å². The molecule has 0 unspecified atom stereocenters. The van der Waals surface area contributed by atoms with Crippen molar-refractivity contribution >= 4 is 5.69 Å². The molecule has 0 saturated carbocycles. The van der Waals surface area contributed by atoms with Crippen LogP contribution in [0.5, 0.6) is 0 Å². The van der Waals surface area contributed by atoms with E-state index in [-0.39, 0.29) is 12.1 Å². The molecule has 0 aliphatic heterocycles. The van der Waals surface area contributed by atoms with E-state index in [4.69, 9.17) is 5.26 Å². The Bertz CT molecular complexity index is 407. The summed E-state index contributed by atoms with van der Waals surface area (Å²) in [5.74, 6) is 0. The molecular formula is C12H13F3N2. The second-order valence-electron chi connectivity index (χ2n) is 3.67. The van der Waals surface area contributed by atoms with Crippen molar-refractivity contribution in [1.82, 2.24) is 0 Å². The first kappa shape index (κ1) is 13.4. The first-order valence-electron chi connectivity index (χ1n) is 5.28. The van der Waals surface area contributed by atoms with Crippen LogP contribution in [-0.4, -0.2) is 19.3 Å². The molecule has 2 nitrogen and oxygen atoms in total. The highest BCUT2D eigenvalue weighted by Gasteiger charge is 2.31. The summed E-state index contributed by atoms with van der Waals surface area (Å²) in [6, 6.07) is 8.25. The Balaban J connectivity index is 3.01. The summed E-state index contributed by atoms with van der Waals surface area (Å²) in [5, 5.41) is 8.88. The Hall–Kier alpha value is -1.70. The quantitative estimate of drug-likeness (QED) is 0.809. The van der Waals surface area contributed by atoms with Gasteiger partial charge in [0, 0.05) is 6.54 Å². The highest BCUT2D eigenvalue weighted by atomic mass is 19.4. The van der Waals surface area contributed by atoms with E-state index >= 15 is 0 Å². The molecule has 0 aromatic heterocycles. The van der Waals surface area contributed by atoms with Gasteiger partial charge < -0.3 is 4.90 Å². The smallest absolute Gasteiger partial charge is 0.362 e. The van der Waals surface area contributed by atoms with E-state index in [2.05, 4.69) is 0 Å². The van der Waals surface area contributed by atoms with E-state index in [1.165, 1.54) is 11.0 Å². The molecule has 17 heavy (non-hydrogen) atoms. The van der Waals surface area contributed by atoms with Gasteiger partial charge in [-0.1, -0.05) is 19.1 Å². The molecule has 0 fully saturated rings. The van der Waals surface area contributed by atoms with Gasteiger partial charge in [-0.3, -0.25) is 0 Å². The molecule has 0 aliphatic rings. The zero-order chi connectivity index (χ0) is 12.9. The number of nitriles is 1. The van der Waals surface area contributed by atoms with Gasteiger partial charge in [0.05, 0.1) is 11.3 Å². The molecule has 0 heterocycles. The molecule has 0 N–H and O–H groups in total. The van der Waals surface area contributed by atoms with Crippen LogP contribution in [0.25, 0.3) is 0 Å². The number of para-hydroxylation sites is 1. The van der Waals surface area contributed by atoms with Crippen molar-refractivity contribution in [3.8, 4) is 6.07 Å². The minimum atomic E-state index is -4.27. The van der Waals surface area contributed by atoms with Crippen LogP contribution in [0.2, 0.25) is 0 Å². The molecule has 0 radical (unpaired) electrons. The lowest BCUT2D eigenvalue weighted by atomic mass is 10.1. The Morgan fingerprint density at radius 3 is 2.47 bits per heavy atom. The molecule has 5 heteroatoms. The predicted molar refractivity (Wildman–Crippen MR) is 59.7 cm³/mol. The van der Waals surface area contributed by atoms with E-state index < -0.39 is 12.7 Å². The SMILES string of the molecule is CCCN(CC(F)(F)F)c1ccccc1C#N. The summed E-state index contributed by atoms with van der Waals surface area (Å²) in [4.78, 5) is 1.19. The first-order chi connectivity index (χ1) is 7.98. The number of rotatable bonds is 4. The normalized spacial score (nSPS) is 11.0. The van der Waals surface area contributed by atoms with Crippen molar-refractivity contribution in [2.24, 2.45) is 0 Å². The Kier molecular flexibility index (Phi) is 4.38. The maximum absolute atomic E-state index is 12.4. The second-order valence-corrected chi connectivity index (χ2v) is 3.67. The van der Waals surface area contributed by atoms with Crippen LogP contribution in [-0.2, 0) is 0 Å². The standard InChI is InChI=1S/C12H13F3N2/c1-2-7-17(9-12(13,14)15)11-6-4-3-5-10(11)8-16/h3-6H,2,7,9H2,1H3. The Labute approximate surface area is 98.3 Å². The summed E-state index contributed by atoms with van der Waals surface area (Å²) in [7, 11) is 0. The van der Waals surface area contributed by atoms with Crippen molar-refractivity contribution in [3.05, 3.63) is 29.8 Å². The largest absolute Gasteiger partial charge is 0.405 e. The first-order valence-corrected chi connectivity index (χ1v) is 5.28. The summed E-state index contributed by atoms with van der Waals surface area (Å²) >= 11 is 0. The van der Waals surface area contributed by atoms with E-state index in [9.17, 15) is 13.2 Å². The van der Waals surface area contributed by atoms with Crippen LogP contribution < -0.4 is 4.90 Å². The topological polar surface area (TPSA) is 27.0 Å². The number of anilines is 1. The fraction of sp³-hybridized carbons (Fsp3) is 0.417. The third kappa shape index (κ3) is 3.99. The Morgan fingerprint density at radius 1 is 1.29 bits per heavy atom. The van der Waals surface area contributed by atoms with Crippen molar-refractivity contribution in [3.63, 3.8) is 0 Å². The highest BCUT2D eigenvalue weighted by molar-refractivity contribution is 5.59. The summed E-state index contributed by atoms with van der Waals surface area (Å²) < 4.78 is 37.3. The fourth-order valence-electron chi connectivity index (χ4n) is 1.61. The monoisotopic (exact) mass is 242 g/mol. The van der Waals surface area contributed by atoms with Crippen LogP contribution in [0.1, 0.15) is 18.9 Å². The van der Waals surface area contributed by atoms with Crippen LogP contribution in [0, 0.1) is 11.3 Å². The van der Waals surface area contributed by atoms with Crippen molar-refractivity contribution in [1.29, 1.82) is 5.26 Å². The van der Waals surface area contributed by atoms with Crippen LogP contribution in [0.15, 0.2) is 24.3 Å². The average molecular weight is 242 g/mol. The number of alkyl halides is 3.